The molecule has 24 heavy (non-hydrogen) atoms. The van der Waals surface area contributed by atoms with Crippen LogP contribution in [0.2, 0.25) is 0 Å². The number of nitrogens with two attached hydrogens (primary N) is 1. The smallest absolute Gasteiger partial charge is 0.238 e. The first kappa shape index (κ1) is 18.2. The third-order valence-electron chi connectivity index (χ3n) is 3.84. The molecule has 0 saturated carbocycles. The molecule has 0 spiro atoms. The molecule has 0 fully saturated rings. The number of hydrogen-bond acceptors (Lipinski definition) is 3. The number of benzene rings is 2. The zero-order valence-electron chi connectivity index (χ0n) is 13.8. The van der Waals surface area contributed by atoms with Crippen LogP contribution in [0.15, 0.2) is 53.4 Å². The molecule has 2 aromatic rings. The minimum absolute atomic E-state index is 0.0259. The molecule has 0 aliphatic carbocycles. The molecule has 3 N–H and O–H groups in total. The zero-order valence-corrected chi connectivity index (χ0v) is 14.6. The molecule has 0 aromatic heterocycles. The number of rotatable bonds is 6. The highest BCUT2D eigenvalue weighted by Gasteiger charge is 2.14. The molecule has 128 valence electrons. The van der Waals surface area contributed by atoms with E-state index in [9.17, 15) is 13.2 Å². The van der Waals surface area contributed by atoms with Crippen molar-refractivity contribution in [2.45, 2.75) is 37.6 Å². The molecule has 1 amide bonds. The SMILES string of the molecule is CCC(C)NC(=O)Cc1ccc(-c2ccccc2S(N)(=O)=O)cc1. The van der Waals surface area contributed by atoms with Crippen molar-refractivity contribution >= 4 is 15.9 Å². The number of carbonyl (C=O) groups is 1. The highest BCUT2D eigenvalue weighted by atomic mass is 32.2. The van der Waals surface area contributed by atoms with Gasteiger partial charge < -0.3 is 5.32 Å². The topological polar surface area (TPSA) is 89.3 Å². The van der Waals surface area contributed by atoms with Gasteiger partial charge in [-0.15, -0.1) is 0 Å². The van der Waals surface area contributed by atoms with Gasteiger partial charge in [0.25, 0.3) is 0 Å². The minimum Gasteiger partial charge on any atom is -0.353 e. The van der Waals surface area contributed by atoms with Crippen LogP contribution in [0.4, 0.5) is 0 Å². The molecule has 0 heterocycles. The summed E-state index contributed by atoms with van der Waals surface area (Å²) in [6.07, 6.45) is 1.18. The summed E-state index contributed by atoms with van der Waals surface area (Å²) in [5, 5.41) is 8.19. The Bertz CT molecular complexity index is 814. The second-order valence-electron chi connectivity index (χ2n) is 5.79. The minimum atomic E-state index is -3.79. The summed E-state index contributed by atoms with van der Waals surface area (Å²) in [7, 11) is -3.79. The van der Waals surface area contributed by atoms with E-state index in [0.717, 1.165) is 17.5 Å². The average Bonchev–Trinajstić information content (AvgIpc) is 2.54. The van der Waals surface area contributed by atoms with Crippen LogP contribution in [-0.2, 0) is 21.2 Å². The standard InChI is InChI=1S/C18H22N2O3S/c1-3-13(2)20-18(21)12-14-8-10-15(11-9-14)16-6-4-5-7-17(16)24(19,22)23/h4-11,13H,3,12H2,1-2H3,(H,20,21)(H2,19,22,23). The van der Waals surface area contributed by atoms with Crippen molar-refractivity contribution in [2.24, 2.45) is 5.14 Å². The average molecular weight is 346 g/mol. The van der Waals surface area contributed by atoms with Gasteiger partial charge in [-0.05, 0) is 30.5 Å². The molecule has 0 radical (unpaired) electrons. The summed E-state index contributed by atoms with van der Waals surface area (Å²) in [5.41, 5.74) is 2.16. The van der Waals surface area contributed by atoms with E-state index in [4.69, 9.17) is 5.14 Å². The molecule has 2 aromatic carbocycles. The molecular weight excluding hydrogens is 324 g/mol. The zero-order chi connectivity index (χ0) is 17.7. The predicted octanol–water partition coefficient (Wildman–Crippen LogP) is 2.46. The van der Waals surface area contributed by atoms with E-state index in [2.05, 4.69) is 5.32 Å². The summed E-state index contributed by atoms with van der Waals surface area (Å²) in [6.45, 7) is 3.98. The van der Waals surface area contributed by atoms with Crippen molar-refractivity contribution in [3.8, 4) is 11.1 Å². The Labute approximate surface area is 142 Å². The van der Waals surface area contributed by atoms with Crippen molar-refractivity contribution in [3.05, 3.63) is 54.1 Å². The molecule has 5 nitrogen and oxygen atoms in total. The van der Waals surface area contributed by atoms with Gasteiger partial charge in [-0.25, -0.2) is 13.6 Å². The Morgan fingerprint density at radius 1 is 1.12 bits per heavy atom. The summed E-state index contributed by atoms with van der Waals surface area (Å²) in [6, 6.07) is 14.0. The summed E-state index contributed by atoms with van der Waals surface area (Å²) in [4.78, 5) is 12.0. The van der Waals surface area contributed by atoms with E-state index in [1.54, 1.807) is 30.3 Å². The van der Waals surface area contributed by atoms with Gasteiger partial charge in [-0.3, -0.25) is 4.79 Å². The maximum absolute atomic E-state index is 11.9. The number of carbonyl (C=O) groups excluding carboxylic acids is 1. The Morgan fingerprint density at radius 2 is 1.75 bits per heavy atom. The largest absolute Gasteiger partial charge is 0.353 e. The van der Waals surface area contributed by atoms with Gasteiger partial charge in [-0.1, -0.05) is 49.4 Å². The van der Waals surface area contributed by atoms with Crippen LogP contribution in [-0.4, -0.2) is 20.4 Å². The van der Waals surface area contributed by atoms with Crippen LogP contribution in [0, 0.1) is 0 Å². The number of primary sulfonamides is 1. The Hall–Kier alpha value is -2.18. The van der Waals surface area contributed by atoms with Crippen molar-refractivity contribution in [1.82, 2.24) is 5.32 Å². The van der Waals surface area contributed by atoms with E-state index in [1.807, 2.05) is 26.0 Å². The molecule has 1 atom stereocenters. The fraction of sp³-hybridized carbons (Fsp3) is 0.278. The Morgan fingerprint density at radius 3 is 2.33 bits per heavy atom. The van der Waals surface area contributed by atoms with Gasteiger partial charge in [0, 0.05) is 11.6 Å². The van der Waals surface area contributed by atoms with Crippen LogP contribution in [0.5, 0.6) is 0 Å². The molecule has 1 unspecified atom stereocenters. The fourth-order valence-corrected chi connectivity index (χ4v) is 3.13. The third-order valence-corrected chi connectivity index (χ3v) is 4.81. The van der Waals surface area contributed by atoms with E-state index in [-0.39, 0.29) is 16.8 Å². The highest BCUT2D eigenvalue weighted by molar-refractivity contribution is 7.89. The lowest BCUT2D eigenvalue weighted by atomic mass is 10.0. The first-order valence-corrected chi connectivity index (χ1v) is 9.36. The van der Waals surface area contributed by atoms with Gasteiger partial charge in [0.15, 0.2) is 0 Å². The summed E-state index contributed by atoms with van der Waals surface area (Å²) in [5.74, 6) is -0.0259. The third kappa shape index (κ3) is 4.66. The molecule has 0 aliphatic rings. The van der Waals surface area contributed by atoms with Crippen molar-refractivity contribution < 1.29 is 13.2 Å². The fourth-order valence-electron chi connectivity index (χ4n) is 2.37. The maximum atomic E-state index is 11.9. The Balaban J connectivity index is 2.21. The van der Waals surface area contributed by atoms with Crippen LogP contribution < -0.4 is 10.5 Å². The first-order chi connectivity index (χ1) is 11.3. The number of nitrogens with one attached hydrogen (secondary N) is 1. The maximum Gasteiger partial charge on any atom is 0.238 e. The molecule has 0 saturated heterocycles. The second-order valence-corrected chi connectivity index (χ2v) is 7.32. The van der Waals surface area contributed by atoms with Crippen LogP contribution in [0.1, 0.15) is 25.8 Å². The van der Waals surface area contributed by atoms with Gasteiger partial charge in [-0.2, -0.15) is 0 Å². The predicted molar refractivity (Wildman–Crippen MR) is 94.9 cm³/mol. The Kier molecular flexibility index (Phi) is 5.75. The normalized spacial score (nSPS) is 12.6. The number of hydrogen-bond donors (Lipinski definition) is 2. The highest BCUT2D eigenvalue weighted by Crippen LogP contribution is 2.26. The lowest BCUT2D eigenvalue weighted by Gasteiger charge is -2.12. The van der Waals surface area contributed by atoms with Crippen LogP contribution in [0.3, 0.4) is 0 Å². The first-order valence-electron chi connectivity index (χ1n) is 7.81. The second kappa shape index (κ2) is 7.59. The van der Waals surface area contributed by atoms with Gasteiger partial charge in [0.1, 0.15) is 0 Å². The van der Waals surface area contributed by atoms with Crippen LogP contribution >= 0.6 is 0 Å². The molecule has 2 rings (SSSR count). The van der Waals surface area contributed by atoms with E-state index >= 15 is 0 Å². The lowest BCUT2D eigenvalue weighted by molar-refractivity contribution is -0.121. The van der Waals surface area contributed by atoms with Gasteiger partial charge in [0.2, 0.25) is 15.9 Å². The van der Waals surface area contributed by atoms with Gasteiger partial charge in [0.05, 0.1) is 11.3 Å². The molecule has 6 heteroatoms. The number of amides is 1. The van der Waals surface area contributed by atoms with Crippen LogP contribution in [0.25, 0.3) is 11.1 Å². The van der Waals surface area contributed by atoms with E-state index in [0.29, 0.717) is 12.0 Å². The van der Waals surface area contributed by atoms with E-state index < -0.39 is 10.0 Å². The van der Waals surface area contributed by atoms with Gasteiger partial charge >= 0.3 is 0 Å². The molecular formula is C18H22N2O3S. The van der Waals surface area contributed by atoms with E-state index in [1.165, 1.54) is 6.07 Å². The lowest BCUT2D eigenvalue weighted by Crippen LogP contribution is -2.33. The van der Waals surface area contributed by atoms with Crippen molar-refractivity contribution in [2.75, 3.05) is 0 Å². The number of sulfonamides is 1. The molecule has 0 bridgehead atoms. The van der Waals surface area contributed by atoms with Crippen molar-refractivity contribution in [1.29, 1.82) is 0 Å². The molecule has 0 aliphatic heterocycles. The van der Waals surface area contributed by atoms with Crippen molar-refractivity contribution in [3.63, 3.8) is 0 Å². The monoisotopic (exact) mass is 346 g/mol. The quantitative estimate of drug-likeness (QED) is 0.842. The summed E-state index contributed by atoms with van der Waals surface area (Å²) >= 11 is 0. The summed E-state index contributed by atoms with van der Waals surface area (Å²) < 4.78 is 23.4.